The van der Waals surface area contributed by atoms with Crippen LogP contribution in [-0.4, -0.2) is 109 Å². The Labute approximate surface area is 330 Å². The van der Waals surface area contributed by atoms with Crippen LogP contribution in [0.3, 0.4) is 0 Å². The van der Waals surface area contributed by atoms with Crippen LogP contribution in [0, 0.1) is 5.41 Å². The smallest absolute Gasteiger partial charge is 0.409 e. The van der Waals surface area contributed by atoms with Crippen LogP contribution in [0.15, 0.2) is 35.9 Å². The highest BCUT2D eigenvalue weighted by molar-refractivity contribution is 7.81. The Morgan fingerprint density at radius 2 is 1.85 bits per heavy atom. The maximum absolute atomic E-state index is 13.1. The summed E-state index contributed by atoms with van der Waals surface area (Å²) in [5.74, 6) is -0.310. The van der Waals surface area contributed by atoms with E-state index in [0.29, 0.717) is 35.7 Å². The van der Waals surface area contributed by atoms with E-state index < -0.39 is 59.3 Å². The number of hydrogen-bond acceptors (Lipinski definition) is 11. The molecule has 1 aromatic carbocycles. The van der Waals surface area contributed by atoms with Crippen molar-refractivity contribution in [3.63, 3.8) is 0 Å². The monoisotopic (exact) mass is 795 g/mol. The number of thiol groups is 1. The number of cyclic esters (lactones) is 1. The van der Waals surface area contributed by atoms with Gasteiger partial charge in [-0.3, -0.25) is 14.9 Å². The number of carbonyl (C=O) groups excluding carboxylic acids is 4. The minimum Gasteiger partial charge on any atom is -0.495 e. The normalized spacial score (nSPS) is 24.9. The number of aliphatic hydroxyl groups is 1. The molecule has 2 aliphatic heterocycles. The highest BCUT2D eigenvalue weighted by Gasteiger charge is 2.67. The van der Waals surface area contributed by atoms with E-state index >= 15 is 0 Å². The lowest BCUT2D eigenvalue weighted by atomic mass is 9.73. The Hall–Kier alpha value is -3.30. The molecule has 1 aromatic rings. The van der Waals surface area contributed by atoms with E-state index in [2.05, 4.69) is 17.9 Å². The molecule has 15 heteroatoms. The van der Waals surface area contributed by atoms with Gasteiger partial charge in [-0.25, -0.2) is 9.59 Å². The van der Waals surface area contributed by atoms with Crippen molar-refractivity contribution in [2.45, 2.75) is 128 Å². The first-order valence-corrected chi connectivity index (χ1v) is 18.7. The van der Waals surface area contributed by atoms with Gasteiger partial charge in [-0.05, 0) is 58.2 Å². The highest BCUT2D eigenvalue weighted by Crippen LogP contribution is 2.53. The molecule has 2 saturated heterocycles. The van der Waals surface area contributed by atoms with Gasteiger partial charge in [-0.1, -0.05) is 63.1 Å². The fraction of sp³-hybridized carbons (Fsp3) is 0.641. The summed E-state index contributed by atoms with van der Waals surface area (Å²) in [6.45, 7) is 14.7. The summed E-state index contributed by atoms with van der Waals surface area (Å²) in [4.78, 5) is 52.9. The number of benzene rings is 1. The molecule has 3 rings (SSSR count). The van der Waals surface area contributed by atoms with E-state index in [1.54, 1.807) is 46.2 Å². The number of esters is 1. The minimum absolute atomic E-state index is 0.0357. The van der Waals surface area contributed by atoms with Gasteiger partial charge in [0.1, 0.15) is 40.7 Å². The molecule has 0 aromatic heterocycles. The van der Waals surface area contributed by atoms with E-state index in [9.17, 15) is 24.3 Å². The van der Waals surface area contributed by atoms with Crippen molar-refractivity contribution in [1.82, 2.24) is 10.2 Å². The molecular weight excluding hydrogens is 738 g/mol. The maximum Gasteiger partial charge on any atom is 0.409 e. The fourth-order valence-electron chi connectivity index (χ4n) is 6.59. The van der Waals surface area contributed by atoms with Gasteiger partial charge in [0.15, 0.2) is 5.72 Å². The van der Waals surface area contributed by atoms with Gasteiger partial charge in [0, 0.05) is 44.2 Å². The van der Waals surface area contributed by atoms with Crippen LogP contribution < -0.4 is 15.0 Å². The van der Waals surface area contributed by atoms with Crippen LogP contribution in [-0.2, 0) is 39.8 Å². The number of allylic oxidation sites excluding steroid dienone is 3. The zero-order chi connectivity index (χ0) is 41.0. The number of methoxy groups -OCH3 is 2. The van der Waals surface area contributed by atoms with Gasteiger partial charge >= 0.3 is 12.1 Å². The Balaban J connectivity index is 1.69. The molecule has 302 valence electrons. The van der Waals surface area contributed by atoms with E-state index in [4.69, 9.17) is 35.3 Å². The summed E-state index contributed by atoms with van der Waals surface area (Å²) >= 11 is 10.9. The van der Waals surface area contributed by atoms with Crippen LogP contribution >= 0.6 is 24.2 Å². The first kappa shape index (κ1) is 45.1. The van der Waals surface area contributed by atoms with Crippen LogP contribution in [0.1, 0.15) is 80.2 Å². The number of nitrogens with one attached hydrogen (secondary N) is 1. The molecule has 0 aliphatic carbocycles. The second-order valence-electron chi connectivity index (χ2n) is 15.8. The van der Waals surface area contributed by atoms with Crippen molar-refractivity contribution in [2.75, 3.05) is 33.2 Å². The minimum atomic E-state index is -1.83. The molecule has 7 unspecified atom stereocenters. The van der Waals surface area contributed by atoms with Crippen molar-refractivity contribution in [1.29, 1.82) is 0 Å². The van der Waals surface area contributed by atoms with E-state index in [1.165, 1.54) is 24.0 Å². The fourth-order valence-corrected chi connectivity index (χ4v) is 7.02. The van der Waals surface area contributed by atoms with Gasteiger partial charge < -0.3 is 38.6 Å². The predicted octanol–water partition coefficient (Wildman–Crippen LogP) is 5.64. The average molecular weight is 796 g/mol. The molecule has 7 atom stereocenters. The number of carbonyl (C=O) groups is 4. The number of anilines is 1. The molecule has 2 fully saturated rings. The maximum atomic E-state index is 13.1. The van der Waals surface area contributed by atoms with Crippen molar-refractivity contribution in [2.24, 2.45) is 5.41 Å². The molecule has 2 N–H and O–H groups in total. The van der Waals surface area contributed by atoms with E-state index in [-0.39, 0.29) is 23.5 Å². The van der Waals surface area contributed by atoms with E-state index in [1.807, 2.05) is 53.7 Å². The first-order valence-electron chi connectivity index (χ1n) is 17.9. The zero-order valence-corrected chi connectivity index (χ0v) is 35.2. The quantitative estimate of drug-likeness (QED) is 0.0559. The molecule has 0 bridgehead atoms. The molecule has 3 amide bonds. The summed E-state index contributed by atoms with van der Waals surface area (Å²) in [5.41, 5.74) is -1.27. The number of rotatable bonds is 18. The van der Waals surface area contributed by atoms with Crippen LogP contribution in [0.5, 0.6) is 5.75 Å². The van der Waals surface area contributed by atoms with Gasteiger partial charge in [-0.2, -0.15) is 12.6 Å². The molecule has 0 radical (unpaired) electrons. The third kappa shape index (κ3) is 10.7. The van der Waals surface area contributed by atoms with Crippen LogP contribution in [0.4, 0.5) is 10.5 Å². The molecule has 2 heterocycles. The Kier molecular flexibility index (Phi) is 14.7. The molecule has 54 heavy (non-hydrogen) atoms. The number of likely N-dealkylation sites (N-methyl/N-ethyl adjacent to an activating group) is 1. The zero-order valence-electron chi connectivity index (χ0n) is 33.5. The lowest BCUT2D eigenvalue weighted by Crippen LogP contribution is -2.65. The SMILES string of the molecule is COc1cc(C/C(C)=C/C=C/C(OC)C2(O)CC(C(C)(C)C3OC3(C)C(C)OC(=O)C(C)N(C)C(=O)CCC(C)(C)S)OC(=O)N2)cc(N(C)C=O)c1Cl. The lowest BCUT2D eigenvalue weighted by molar-refractivity contribution is -0.160. The second-order valence-corrected chi connectivity index (χ2v) is 17.4. The van der Waals surface area contributed by atoms with Crippen molar-refractivity contribution in [3.8, 4) is 5.75 Å². The predicted molar refractivity (Wildman–Crippen MR) is 210 cm³/mol. The Morgan fingerprint density at radius 1 is 1.20 bits per heavy atom. The number of alkyl carbamates (subject to hydrolysis) is 1. The first-order chi connectivity index (χ1) is 24.9. The van der Waals surface area contributed by atoms with Gasteiger partial charge in [0.2, 0.25) is 12.3 Å². The average Bonchev–Trinajstić information content (AvgIpc) is 3.81. The summed E-state index contributed by atoms with van der Waals surface area (Å²) < 4.78 is 28.5. The summed E-state index contributed by atoms with van der Waals surface area (Å²) in [6, 6.07) is 2.80. The summed E-state index contributed by atoms with van der Waals surface area (Å²) in [5, 5.41) is 14.7. The highest BCUT2D eigenvalue weighted by atomic mass is 35.5. The standard InChI is InChI=1S/C39H58ClN3O10S/c1-23(18-26-19-27(42(9)22-44)32(40)28(20-26)49-11)14-13-15-29(50-12)39(48)21-30(52-35(47)41-39)37(6,7)34-38(8,53-34)25(3)51-33(46)24(2)43(10)31(45)16-17-36(4,5)54/h13-15,19-20,22,24-25,29-30,34,48,54H,16-18,21H2,1-12H3,(H,41,47)/b15-13+,23-14+. The van der Waals surface area contributed by atoms with Gasteiger partial charge in [-0.15, -0.1) is 0 Å². The number of ether oxygens (including phenoxy) is 5. The number of halogens is 1. The van der Waals surface area contributed by atoms with Crippen molar-refractivity contribution in [3.05, 3.63) is 46.5 Å². The van der Waals surface area contributed by atoms with Gasteiger partial charge in [0.25, 0.3) is 0 Å². The van der Waals surface area contributed by atoms with Crippen molar-refractivity contribution >= 4 is 54.3 Å². The topological polar surface area (TPSA) is 156 Å². The molecule has 0 spiro atoms. The summed E-state index contributed by atoms with van der Waals surface area (Å²) in [7, 11) is 6.11. The van der Waals surface area contributed by atoms with Crippen LogP contribution in [0.25, 0.3) is 0 Å². The largest absolute Gasteiger partial charge is 0.495 e. The van der Waals surface area contributed by atoms with Crippen LogP contribution in [0.2, 0.25) is 5.02 Å². The van der Waals surface area contributed by atoms with Crippen molar-refractivity contribution < 1.29 is 48.0 Å². The lowest BCUT2D eigenvalue weighted by Gasteiger charge is -2.45. The Morgan fingerprint density at radius 3 is 2.43 bits per heavy atom. The second kappa shape index (κ2) is 17.7. The Bertz CT molecular complexity index is 1610. The number of epoxide rings is 1. The molecule has 13 nitrogen and oxygen atoms in total. The number of nitrogens with zero attached hydrogens (tertiary/aromatic N) is 2. The number of hydrogen-bond donors (Lipinski definition) is 3. The molecular formula is C39H58ClN3O10S. The molecule has 0 saturated carbocycles. The van der Waals surface area contributed by atoms with E-state index in [0.717, 1.165) is 11.1 Å². The third-order valence-electron chi connectivity index (χ3n) is 10.5. The third-order valence-corrected chi connectivity index (χ3v) is 11.1. The summed E-state index contributed by atoms with van der Waals surface area (Å²) in [6.07, 6.45) is 3.38. The molecule has 2 aliphatic rings. The number of amides is 3. The van der Waals surface area contributed by atoms with Gasteiger partial charge in [0.05, 0.1) is 18.9 Å².